The van der Waals surface area contributed by atoms with Gasteiger partial charge in [-0.25, -0.2) is 4.99 Å². The van der Waals surface area contributed by atoms with Crippen molar-refractivity contribution in [3.8, 4) is 0 Å². The summed E-state index contributed by atoms with van der Waals surface area (Å²) in [4.78, 5) is 37.1. The molecule has 2 aliphatic heterocycles. The fraction of sp³-hybridized carbons (Fsp3) is 0.519. The predicted molar refractivity (Wildman–Crippen MR) is 139 cm³/mol. The molecule has 0 aliphatic carbocycles. The van der Waals surface area contributed by atoms with Crippen LogP contribution in [0.1, 0.15) is 63.8 Å². The van der Waals surface area contributed by atoms with E-state index in [-0.39, 0.29) is 5.91 Å². The maximum atomic E-state index is 13.1. The van der Waals surface area contributed by atoms with E-state index in [1.54, 1.807) is 0 Å². The molecule has 0 radical (unpaired) electrons. The van der Waals surface area contributed by atoms with Crippen LogP contribution in [0.5, 0.6) is 0 Å². The molecule has 3 heterocycles. The zero-order valence-corrected chi connectivity index (χ0v) is 21.3. The Morgan fingerprint density at radius 3 is 2.71 bits per heavy atom. The molecule has 1 saturated heterocycles. The van der Waals surface area contributed by atoms with Crippen LogP contribution in [0, 0.1) is 0 Å². The maximum absolute atomic E-state index is 13.1. The second-order valence-corrected chi connectivity index (χ2v) is 9.21. The summed E-state index contributed by atoms with van der Waals surface area (Å²) in [6, 6.07) is 0. The number of aryl methyl sites for hydroxylation is 1. The lowest BCUT2D eigenvalue weighted by molar-refractivity contribution is -0.122. The van der Waals surface area contributed by atoms with Crippen molar-refractivity contribution < 1.29 is 9.59 Å². The maximum Gasteiger partial charge on any atom is 0.254 e. The Morgan fingerprint density at radius 2 is 2.00 bits per heavy atom. The van der Waals surface area contributed by atoms with Gasteiger partial charge in [-0.15, -0.1) is 0 Å². The molecule has 0 saturated carbocycles. The summed E-state index contributed by atoms with van der Waals surface area (Å²) >= 11 is 0. The molecule has 2 aliphatic rings. The first kappa shape index (κ1) is 25.7. The molecule has 0 atom stereocenters. The Hall–Kier alpha value is -2.93. The minimum atomic E-state index is -0.342. The standard InChI is InChI=1S/C27H39N5O2/c1-6-22-24(17-29-25(22)7-2)20(4)23(27(34)30-18-33)15-21-16-26(28-10-9-19(21)3)32-12-8-11-31(5)13-14-32/h10,16-18,29H,6-9,11-15H2,1-5H3,(H,30,33,34)/b23-20+. The SMILES string of the molecule is CCc1[nH]cc(/C(C)=C(\CC2=C(C)CC=NC(N3CCCN(C)CC3)=C2)C(=O)NC=O)c1CC. The van der Waals surface area contributed by atoms with E-state index in [0.29, 0.717) is 18.4 Å². The van der Waals surface area contributed by atoms with E-state index in [2.05, 4.69) is 54.0 Å². The van der Waals surface area contributed by atoms with Gasteiger partial charge in [-0.3, -0.25) is 14.9 Å². The molecule has 2 amide bonds. The summed E-state index contributed by atoms with van der Waals surface area (Å²) in [7, 11) is 2.16. The normalized spacial score (nSPS) is 18.3. The van der Waals surface area contributed by atoms with E-state index in [1.165, 1.54) is 16.8 Å². The molecule has 2 N–H and O–H groups in total. The highest BCUT2D eigenvalue weighted by atomic mass is 16.2. The molecule has 3 rings (SSSR count). The molecule has 7 nitrogen and oxygen atoms in total. The van der Waals surface area contributed by atoms with Crippen LogP contribution in [0.4, 0.5) is 0 Å². The number of H-pyrrole nitrogens is 1. The zero-order chi connectivity index (χ0) is 24.7. The average molecular weight is 466 g/mol. The lowest BCUT2D eigenvalue weighted by Crippen LogP contribution is -2.28. The largest absolute Gasteiger partial charge is 0.364 e. The van der Waals surface area contributed by atoms with Crippen molar-refractivity contribution in [2.45, 2.75) is 59.8 Å². The summed E-state index contributed by atoms with van der Waals surface area (Å²) in [6.07, 6.45) is 10.7. The smallest absolute Gasteiger partial charge is 0.254 e. The van der Waals surface area contributed by atoms with Gasteiger partial charge in [-0.2, -0.15) is 0 Å². The third-order valence-corrected chi connectivity index (χ3v) is 6.99. The van der Waals surface area contributed by atoms with Crippen molar-refractivity contribution in [3.05, 3.63) is 51.6 Å². The molecule has 0 aromatic carbocycles. The number of aromatic amines is 1. The molecule has 1 fully saturated rings. The second kappa shape index (κ2) is 12.0. The Balaban J connectivity index is 2.01. The lowest BCUT2D eigenvalue weighted by atomic mass is 9.91. The van der Waals surface area contributed by atoms with Crippen molar-refractivity contribution in [2.75, 3.05) is 33.2 Å². The number of rotatable bonds is 8. The van der Waals surface area contributed by atoms with Gasteiger partial charge >= 0.3 is 0 Å². The third-order valence-electron chi connectivity index (χ3n) is 6.99. The van der Waals surface area contributed by atoms with Crippen LogP contribution < -0.4 is 5.32 Å². The van der Waals surface area contributed by atoms with Crippen molar-refractivity contribution in [1.82, 2.24) is 20.1 Å². The Morgan fingerprint density at radius 1 is 1.21 bits per heavy atom. The molecule has 1 aromatic rings. The fourth-order valence-electron chi connectivity index (χ4n) is 4.80. The lowest BCUT2D eigenvalue weighted by Gasteiger charge is -2.23. The first-order chi connectivity index (χ1) is 16.4. The zero-order valence-electron chi connectivity index (χ0n) is 21.3. The quantitative estimate of drug-likeness (QED) is 0.451. The molecule has 0 unspecified atom stereocenters. The molecular weight excluding hydrogens is 426 g/mol. The van der Waals surface area contributed by atoms with E-state index >= 15 is 0 Å². The number of aliphatic imine (C=N–C) groups is 1. The van der Waals surface area contributed by atoms with Crippen LogP contribution in [-0.4, -0.2) is 66.5 Å². The summed E-state index contributed by atoms with van der Waals surface area (Å²) in [5.41, 5.74) is 7.28. The van der Waals surface area contributed by atoms with Gasteiger partial charge in [0.15, 0.2) is 0 Å². The number of aromatic nitrogens is 1. The number of imide groups is 1. The van der Waals surface area contributed by atoms with E-state index in [9.17, 15) is 9.59 Å². The highest BCUT2D eigenvalue weighted by Crippen LogP contribution is 2.31. The minimum Gasteiger partial charge on any atom is -0.364 e. The van der Waals surface area contributed by atoms with Gasteiger partial charge in [0.25, 0.3) is 5.91 Å². The summed E-state index contributed by atoms with van der Waals surface area (Å²) in [5.74, 6) is 0.615. The van der Waals surface area contributed by atoms with Crippen LogP contribution in [0.3, 0.4) is 0 Å². The van der Waals surface area contributed by atoms with E-state index < -0.39 is 0 Å². The van der Waals surface area contributed by atoms with Crippen LogP contribution in [0.2, 0.25) is 0 Å². The molecule has 0 bridgehead atoms. The number of nitrogens with one attached hydrogen (secondary N) is 2. The van der Waals surface area contributed by atoms with Gasteiger partial charge in [0.05, 0.1) is 0 Å². The number of carbonyl (C=O) groups is 2. The molecule has 7 heteroatoms. The molecule has 0 spiro atoms. The number of allylic oxidation sites excluding steroid dienone is 4. The minimum absolute atomic E-state index is 0.342. The molecule has 34 heavy (non-hydrogen) atoms. The highest BCUT2D eigenvalue weighted by molar-refractivity contribution is 6.05. The van der Waals surface area contributed by atoms with Gasteiger partial charge in [0.2, 0.25) is 6.41 Å². The predicted octanol–water partition coefficient (Wildman–Crippen LogP) is 3.85. The Kier molecular flexibility index (Phi) is 9.05. The van der Waals surface area contributed by atoms with Gasteiger partial charge in [0, 0.05) is 56.2 Å². The first-order valence-corrected chi connectivity index (χ1v) is 12.4. The van der Waals surface area contributed by atoms with E-state index in [4.69, 9.17) is 4.99 Å². The number of hydrogen-bond donors (Lipinski definition) is 2. The second-order valence-electron chi connectivity index (χ2n) is 9.21. The summed E-state index contributed by atoms with van der Waals surface area (Å²) in [6.45, 7) is 12.3. The van der Waals surface area contributed by atoms with Gasteiger partial charge in [-0.05, 0) is 75.1 Å². The summed E-state index contributed by atoms with van der Waals surface area (Å²) < 4.78 is 0. The molecule has 184 valence electrons. The average Bonchev–Trinajstić information content (AvgIpc) is 3.00. The monoisotopic (exact) mass is 465 g/mol. The highest BCUT2D eigenvalue weighted by Gasteiger charge is 2.22. The topological polar surface area (TPSA) is 80.8 Å². The van der Waals surface area contributed by atoms with Crippen molar-refractivity contribution in [1.29, 1.82) is 0 Å². The van der Waals surface area contributed by atoms with Crippen molar-refractivity contribution in [2.24, 2.45) is 4.99 Å². The van der Waals surface area contributed by atoms with Gasteiger partial charge in [-0.1, -0.05) is 19.4 Å². The number of amides is 2. The van der Waals surface area contributed by atoms with Gasteiger partial charge < -0.3 is 14.8 Å². The fourth-order valence-corrected chi connectivity index (χ4v) is 4.80. The Labute approximate surface area is 203 Å². The van der Waals surface area contributed by atoms with Crippen LogP contribution in [-0.2, 0) is 22.4 Å². The van der Waals surface area contributed by atoms with Crippen molar-refractivity contribution >= 4 is 24.1 Å². The van der Waals surface area contributed by atoms with Crippen molar-refractivity contribution in [3.63, 3.8) is 0 Å². The Bertz CT molecular complexity index is 1030. The van der Waals surface area contributed by atoms with Gasteiger partial charge in [0.1, 0.15) is 5.82 Å². The number of nitrogens with zero attached hydrogens (tertiary/aromatic N) is 3. The van der Waals surface area contributed by atoms with Crippen LogP contribution >= 0.6 is 0 Å². The third kappa shape index (κ3) is 5.95. The number of carbonyl (C=O) groups excluding carboxylic acids is 2. The van der Waals surface area contributed by atoms with Crippen LogP contribution in [0.15, 0.2) is 39.8 Å². The summed E-state index contributed by atoms with van der Waals surface area (Å²) in [5, 5.41) is 2.38. The van der Waals surface area contributed by atoms with Crippen LogP contribution in [0.25, 0.3) is 5.57 Å². The molecular formula is C27H39N5O2. The number of likely N-dealkylation sites (N-methyl/N-ethyl adjacent to an activating group) is 1. The van der Waals surface area contributed by atoms with E-state index in [0.717, 1.165) is 74.4 Å². The number of hydrogen-bond acceptors (Lipinski definition) is 5. The first-order valence-electron chi connectivity index (χ1n) is 12.4. The molecule has 1 aromatic heterocycles. The van der Waals surface area contributed by atoms with E-state index in [1.807, 2.05) is 19.3 Å².